The lowest BCUT2D eigenvalue weighted by Crippen LogP contribution is -2.32. The van der Waals surface area contributed by atoms with Crippen LogP contribution in [0.1, 0.15) is 49.9 Å². The van der Waals surface area contributed by atoms with Crippen molar-refractivity contribution in [2.75, 3.05) is 4.90 Å². The maximum atomic E-state index is 14.7. The van der Waals surface area contributed by atoms with E-state index in [-0.39, 0.29) is 16.3 Å². The van der Waals surface area contributed by atoms with Crippen LogP contribution in [0.5, 0.6) is 0 Å². The third-order valence-corrected chi connectivity index (χ3v) is 10.5. The van der Waals surface area contributed by atoms with E-state index in [1.54, 1.807) is 0 Å². The van der Waals surface area contributed by atoms with Gasteiger partial charge in [-0.1, -0.05) is 125 Å². The highest BCUT2D eigenvalue weighted by Crippen LogP contribution is 2.60. The number of hydrogen-bond donors (Lipinski definition) is 0. The third-order valence-electron chi connectivity index (χ3n) is 10.5. The molecule has 0 N–H and O–H groups in total. The molecule has 7 aromatic rings. The van der Waals surface area contributed by atoms with Crippen LogP contribution in [0.4, 0.5) is 17.1 Å². The van der Waals surface area contributed by atoms with Crippen molar-refractivity contribution < 1.29 is 4.42 Å². The van der Waals surface area contributed by atoms with Crippen molar-refractivity contribution in [3.05, 3.63) is 160 Å². The summed E-state index contributed by atoms with van der Waals surface area (Å²) in [6.07, 6.45) is 0. The molecular formula is C43H33NO2. The first kappa shape index (κ1) is 26.9. The largest absolute Gasteiger partial charge is 0.456 e. The molecule has 1 aliphatic carbocycles. The van der Waals surface area contributed by atoms with E-state index in [1.807, 2.05) is 48.5 Å². The van der Waals surface area contributed by atoms with Crippen molar-refractivity contribution in [1.29, 1.82) is 0 Å². The van der Waals surface area contributed by atoms with Crippen molar-refractivity contribution in [3.63, 3.8) is 0 Å². The number of benzene rings is 6. The van der Waals surface area contributed by atoms with Gasteiger partial charge in [-0.15, -0.1) is 0 Å². The van der Waals surface area contributed by atoms with E-state index >= 15 is 0 Å². The van der Waals surface area contributed by atoms with Crippen LogP contribution >= 0.6 is 0 Å². The van der Waals surface area contributed by atoms with Gasteiger partial charge in [-0.05, 0) is 69.3 Å². The first-order chi connectivity index (χ1) is 22.3. The number of para-hydroxylation sites is 1. The molecular weight excluding hydrogens is 562 g/mol. The second-order valence-electron chi connectivity index (χ2n) is 13.7. The molecule has 0 amide bonds. The highest BCUT2D eigenvalue weighted by atomic mass is 16.3. The molecule has 1 aromatic heterocycles. The molecule has 0 unspecified atom stereocenters. The van der Waals surface area contributed by atoms with E-state index in [0.29, 0.717) is 21.9 Å². The van der Waals surface area contributed by atoms with Gasteiger partial charge < -0.3 is 9.32 Å². The van der Waals surface area contributed by atoms with E-state index < -0.39 is 0 Å². The van der Waals surface area contributed by atoms with Gasteiger partial charge in [0.15, 0.2) is 0 Å². The minimum Gasteiger partial charge on any atom is -0.456 e. The Morgan fingerprint density at radius 1 is 0.543 bits per heavy atom. The van der Waals surface area contributed by atoms with E-state index in [9.17, 15) is 4.79 Å². The standard InChI is InChI=1S/C43H33NO2/c1-42(2)30-16-9-8-15-28(30)38-32(42)22-23-33-40(38)44(34-18-11-10-17-31(34)43(33,3)4)35-19-12-20-37-39(35)41(45)29-25-27(21-24-36(29)46-37)26-13-6-5-7-14-26/h5-25H,1-4H3. The van der Waals surface area contributed by atoms with Gasteiger partial charge in [-0.25, -0.2) is 0 Å². The summed E-state index contributed by atoms with van der Waals surface area (Å²) >= 11 is 0. The Labute approximate surface area is 268 Å². The lowest BCUT2D eigenvalue weighted by atomic mass is 9.71. The molecule has 0 saturated heterocycles. The molecule has 0 fully saturated rings. The lowest BCUT2D eigenvalue weighted by Gasteiger charge is -2.43. The Kier molecular flexibility index (Phi) is 5.45. The van der Waals surface area contributed by atoms with E-state index in [1.165, 1.54) is 33.4 Å². The van der Waals surface area contributed by atoms with E-state index in [2.05, 4.69) is 111 Å². The van der Waals surface area contributed by atoms with Crippen LogP contribution in [-0.2, 0) is 10.8 Å². The molecule has 46 heavy (non-hydrogen) atoms. The second-order valence-corrected chi connectivity index (χ2v) is 13.7. The van der Waals surface area contributed by atoms with Gasteiger partial charge in [0.05, 0.1) is 27.8 Å². The molecule has 1 aliphatic heterocycles. The van der Waals surface area contributed by atoms with E-state index in [0.717, 1.165) is 28.2 Å². The number of anilines is 3. The molecule has 9 rings (SSSR count). The summed E-state index contributed by atoms with van der Waals surface area (Å²) in [7, 11) is 0. The van der Waals surface area contributed by atoms with Gasteiger partial charge in [0.2, 0.25) is 5.43 Å². The fourth-order valence-corrected chi connectivity index (χ4v) is 8.10. The third kappa shape index (κ3) is 3.51. The van der Waals surface area contributed by atoms with Crippen molar-refractivity contribution in [2.45, 2.75) is 38.5 Å². The highest BCUT2D eigenvalue weighted by Gasteiger charge is 2.44. The van der Waals surface area contributed by atoms with E-state index in [4.69, 9.17) is 4.42 Å². The molecule has 0 bridgehead atoms. The van der Waals surface area contributed by atoms with Crippen molar-refractivity contribution in [2.24, 2.45) is 0 Å². The molecule has 2 heterocycles. The van der Waals surface area contributed by atoms with Gasteiger partial charge in [0, 0.05) is 16.4 Å². The first-order valence-electron chi connectivity index (χ1n) is 16.0. The Morgan fingerprint density at radius 3 is 2.04 bits per heavy atom. The van der Waals surface area contributed by atoms with Gasteiger partial charge in [-0.3, -0.25) is 4.79 Å². The van der Waals surface area contributed by atoms with Gasteiger partial charge >= 0.3 is 0 Å². The maximum Gasteiger partial charge on any atom is 0.202 e. The monoisotopic (exact) mass is 595 g/mol. The molecule has 0 atom stereocenters. The van der Waals surface area contributed by atoms with Gasteiger partial charge in [-0.2, -0.15) is 0 Å². The number of hydrogen-bond acceptors (Lipinski definition) is 3. The zero-order valence-corrected chi connectivity index (χ0v) is 26.4. The summed E-state index contributed by atoms with van der Waals surface area (Å²) in [5.74, 6) is 0. The molecule has 2 aliphatic rings. The fraction of sp³-hybridized carbons (Fsp3) is 0.140. The molecule has 222 valence electrons. The molecule has 0 spiro atoms. The second kappa shape index (κ2) is 9.31. The summed E-state index contributed by atoms with van der Waals surface area (Å²) in [6, 6.07) is 44.2. The zero-order valence-electron chi connectivity index (χ0n) is 26.4. The minimum atomic E-state index is -0.258. The normalized spacial score (nSPS) is 15.3. The predicted molar refractivity (Wildman–Crippen MR) is 190 cm³/mol. The predicted octanol–water partition coefficient (Wildman–Crippen LogP) is 11.0. The smallest absolute Gasteiger partial charge is 0.202 e. The average Bonchev–Trinajstić information content (AvgIpc) is 3.31. The SMILES string of the molecule is CC1(C)c2ccccc2-c2c1ccc1c2N(c2cccc3oc4ccc(-c5ccccc5)cc4c(=O)c23)c2ccccc2C1(C)C. The van der Waals surface area contributed by atoms with Crippen LogP contribution in [0.2, 0.25) is 0 Å². The lowest BCUT2D eigenvalue weighted by molar-refractivity contribution is 0.628. The first-order valence-corrected chi connectivity index (χ1v) is 16.0. The Bertz CT molecular complexity index is 2450. The van der Waals surface area contributed by atoms with Crippen LogP contribution in [-0.4, -0.2) is 0 Å². The Morgan fingerprint density at radius 2 is 1.22 bits per heavy atom. The number of fused-ring (bicyclic) bond motifs is 8. The summed E-state index contributed by atoms with van der Waals surface area (Å²) in [6.45, 7) is 9.27. The van der Waals surface area contributed by atoms with Crippen molar-refractivity contribution in [1.82, 2.24) is 0 Å². The summed E-state index contributed by atoms with van der Waals surface area (Å²) in [4.78, 5) is 17.1. The quantitative estimate of drug-likeness (QED) is 0.186. The average molecular weight is 596 g/mol. The van der Waals surface area contributed by atoms with Gasteiger partial charge in [0.25, 0.3) is 0 Å². The highest BCUT2D eigenvalue weighted by molar-refractivity contribution is 6.06. The van der Waals surface area contributed by atoms with Crippen molar-refractivity contribution in [3.8, 4) is 22.3 Å². The maximum absolute atomic E-state index is 14.7. The van der Waals surface area contributed by atoms with Crippen LogP contribution in [0.3, 0.4) is 0 Å². The van der Waals surface area contributed by atoms with Crippen LogP contribution < -0.4 is 10.3 Å². The summed E-state index contributed by atoms with van der Waals surface area (Å²) in [5, 5.41) is 1.17. The zero-order chi connectivity index (χ0) is 31.4. The van der Waals surface area contributed by atoms with Crippen LogP contribution in [0.15, 0.2) is 137 Å². The summed E-state index contributed by atoms with van der Waals surface area (Å²) < 4.78 is 6.52. The number of nitrogens with zero attached hydrogens (tertiary/aromatic N) is 1. The topological polar surface area (TPSA) is 33.5 Å². The molecule has 0 saturated carbocycles. The fourth-order valence-electron chi connectivity index (χ4n) is 8.10. The summed E-state index contributed by atoms with van der Waals surface area (Å²) in [5.41, 5.74) is 13.4. The Balaban J connectivity index is 1.40. The molecule has 3 heteroatoms. The Hall–Kier alpha value is -5.41. The molecule has 6 aromatic carbocycles. The molecule has 0 radical (unpaired) electrons. The van der Waals surface area contributed by atoms with Crippen LogP contribution in [0, 0.1) is 0 Å². The van der Waals surface area contributed by atoms with Gasteiger partial charge in [0.1, 0.15) is 11.2 Å². The number of rotatable bonds is 2. The van der Waals surface area contributed by atoms with Crippen LogP contribution in [0.25, 0.3) is 44.2 Å². The molecule has 3 nitrogen and oxygen atoms in total. The minimum absolute atomic E-state index is 0.0261. The van der Waals surface area contributed by atoms with Crippen molar-refractivity contribution >= 4 is 39.0 Å².